The molecule has 0 aliphatic heterocycles. The van der Waals surface area contributed by atoms with Gasteiger partial charge in [-0.2, -0.15) is 0 Å². The quantitative estimate of drug-likeness (QED) is 0.618. The Kier molecular flexibility index (Phi) is 7.41. The molecule has 3 rings (SSSR count). The molecule has 1 N–H and O–H groups in total. The molecule has 0 atom stereocenters. The molecule has 0 amide bonds. The zero-order valence-corrected chi connectivity index (χ0v) is 17.1. The number of nitrogens with zero attached hydrogens (tertiary/aromatic N) is 2. The van der Waals surface area contributed by atoms with E-state index in [0.29, 0.717) is 12.4 Å². The van der Waals surface area contributed by atoms with Gasteiger partial charge in [-0.3, -0.25) is 0 Å². The minimum absolute atomic E-state index is 0.571. The number of pyridine rings is 1. The van der Waals surface area contributed by atoms with Gasteiger partial charge in [0.05, 0.1) is 18.5 Å². The second kappa shape index (κ2) is 9.76. The summed E-state index contributed by atoms with van der Waals surface area (Å²) >= 11 is 0. The first-order chi connectivity index (χ1) is 13.1. The fourth-order valence-corrected chi connectivity index (χ4v) is 2.93. The van der Waals surface area contributed by atoms with E-state index < -0.39 is 0 Å². The second-order valence-electron chi connectivity index (χ2n) is 6.01. The molecular formula is C22H29N3O2. The highest BCUT2D eigenvalue weighted by molar-refractivity contribution is 5.72. The Morgan fingerprint density at radius 1 is 1.11 bits per heavy atom. The van der Waals surface area contributed by atoms with Crippen LogP contribution in [0.5, 0.6) is 5.88 Å². The van der Waals surface area contributed by atoms with Crippen LogP contribution in [0, 0.1) is 13.8 Å². The van der Waals surface area contributed by atoms with Crippen LogP contribution >= 0.6 is 0 Å². The lowest BCUT2D eigenvalue weighted by molar-refractivity contribution is 0.393. The van der Waals surface area contributed by atoms with Gasteiger partial charge in [-0.1, -0.05) is 50.2 Å². The number of aromatic nitrogens is 2. The van der Waals surface area contributed by atoms with Crippen molar-refractivity contribution < 1.29 is 9.26 Å². The SMILES string of the molecule is CC.CCc1cccc(CNc2cc(-c3c(C)noc3C)cnc2OC)c1. The van der Waals surface area contributed by atoms with E-state index in [1.54, 1.807) is 13.3 Å². The molecule has 5 heteroatoms. The zero-order chi connectivity index (χ0) is 19.8. The van der Waals surface area contributed by atoms with Crippen LogP contribution in [0.25, 0.3) is 11.1 Å². The molecule has 0 aliphatic rings. The lowest BCUT2D eigenvalue weighted by Crippen LogP contribution is -2.03. The smallest absolute Gasteiger partial charge is 0.237 e. The number of benzene rings is 1. The molecule has 2 aromatic heterocycles. The summed E-state index contributed by atoms with van der Waals surface area (Å²) < 4.78 is 10.7. The van der Waals surface area contributed by atoms with Gasteiger partial charge in [-0.15, -0.1) is 0 Å². The Labute approximate surface area is 161 Å². The maximum atomic E-state index is 5.40. The van der Waals surface area contributed by atoms with Gasteiger partial charge in [-0.25, -0.2) is 4.98 Å². The van der Waals surface area contributed by atoms with Crippen molar-refractivity contribution in [2.75, 3.05) is 12.4 Å². The Balaban J connectivity index is 0.00000126. The number of anilines is 1. The predicted molar refractivity (Wildman–Crippen MR) is 110 cm³/mol. The average molecular weight is 367 g/mol. The van der Waals surface area contributed by atoms with E-state index in [9.17, 15) is 0 Å². The monoisotopic (exact) mass is 367 g/mol. The van der Waals surface area contributed by atoms with E-state index in [0.717, 1.165) is 34.7 Å². The van der Waals surface area contributed by atoms with Crippen LogP contribution in [0.15, 0.2) is 41.1 Å². The van der Waals surface area contributed by atoms with Crippen molar-refractivity contribution in [3.8, 4) is 17.0 Å². The first-order valence-corrected chi connectivity index (χ1v) is 9.41. The summed E-state index contributed by atoms with van der Waals surface area (Å²) in [5.41, 5.74) is 6.19. The molecule has 0 unspecified atom stereocenters. The van der Waals surface area contributed by atoms with Gasteiger partial charge in [-0.05, 0) is 37.5 Å². The van der Waals surface area contributed by atoms with Gasteiger partial charge in [0.2, 0.25) is 5.88 Å². The fraction of sp³-hybridized carbons (Fsp3) is 0.364. The Hall–Kier alpha value is -2.82. The van der Waals surface area contributed by atoms with Crippen molar-refractivity contribution in [1.82, 2.24) is 10.1 Å². The van der Waals surface area contributed by atoms with Gasteiger partial charge in [0.25, 0.3) is 0 Å². The molecule has 144 valence electrons. The van der Waals surface area contributed by atoms with E-state index in [1.807, 2.05) is 33.8 Å². The molecule has 1 aromatic carbocycles. The molecule has 3 aromatic rings. The van der Waals surface area contributed by atoms with Crippen LogP contribution in [0.3, 0.4) is 0 Å². The summed E-state index contributed by atoms with van der Waals surface area (Å²) in [4.78, 5) is 4.43. The second-order valence-corrected chi connectivity index (χ2v) is 6.01. The summed E-state index contributed by atoms with van der Waals surface area (Å²) in [6, 6.07) is 10.6. The van der Waals surface area contributed by atoms with Gasteiger partial charge < -0.3 is 14.6 Å². The maximum Gasteiger partial charge on any atom is 0.237 e. The number of hydrogen-bond donors (Lipinski definition) is 1. The average Bonchev–Trinajstić information content (AvgIpc) is 3.06. The molecular weight excluding hydrogens is 338 g/mol. The van der Waals surface area contributed by atoms with E-state index in [4.69, 9.17) is 9.26 Å². The van der Waals surface area contributed by atoms with E-state index in [2.05, 4.69) is 46.6 Å². The minimum atomic E-state index is 0.571. The Morgan fingerprint density at radius 3 is 2.48 bits per heavy atom. The number of aryl methyl sites for hydroxylation is 3. The molecule has 0 radical (unpaired) electrons. The summed E-state index contributed by atoms with van der Waals surface area (Å²) in [6.45, 7) is 10.7. The highest BCUT2D eigenvalue weighted by Crippen LogP contribution is 2.32. The standard InChI is InChI=1S/C20H23N3O2.C2H6/c1-5-15-7-6-8-16(9-15)11-21-18-10-17(12-22-20(18)24-4)19-13(2)23-25-14(19)3;1-2/h6-10,12,21H,5,11H2,1-4H3;1-2H3. The zero-order valence-electron chi connectivity index (χ0n) is 17.1. The van der Waals surface area contributed by atoms with Gasteiger partial charge in [0, 0.05) is 23.9 Å². The lowest BCUT2D eigenvalue weighted by atomic mass is 10.1. The van der Waals surface area contributed by atoms with Crippen LogP contribution in [-0.4, -0.2) is 17.3 Å². The summed E-state index contributed by atoms with van der Waals surface area (Å²) in [5.74, 6) is 1.35. The number of hydrogen-bond acceptors (Lipinski definition) is 5. The predicted octanol–water partition coefficient (Wildman–Crippen LogP) is 5.56. The van der Waals surface area contributed by atoms with E-state index >= 15 is 0 Å². The van der Waals surface area contributed by atoms with E-state index in [-0.39, 0.29) is 0 Å². The van der Waals surface area contributed by atoms with Crippen molar-refractivity contribution in [2.24, 2.45) is 0 Å². The molecule has 0 saturated carbocycles. The molecule has 0 fully saturated rings. The third kappa shape index (κ3) is 4.88. The fourth-order valence-electron chi connectivity index (χ4n) is 2.93. The van der Waals surface area contributed by atoms with Crippen LogP contribution in [-0.2, 0) is 13.0 Å². The maximum absolute atomic E-state index is 5.40. The largest absolute Gasteiger partial charge is 0.480 e. The van der Waals surface area contributed by atoms with Crippen molar-refractivity contribution in [3.05, 3.63) is 59.1 Å². The highest BCUT2D eigenvalue weighted by atomic mass is 16.5. The summed E-state index contributed by atoms with van der Waals surface area (Å²) in [5, 5.41) is 7.46. The summed E-state index contributed by atoms with van der Waals surface area (Å²) in [6.07, 6.45) is 2.81. The molecule has 0 bridgehead atoms. The molecule has 0 aliphatic carbocycles. The lowest BCUT2D eigenvalue weighted by Gasteiger charge is -2.12. The Morgan fingerprint density at radius 2 is 1.85 bits per heavy atom. The van der Waals surface area contributed by atoms with Crippen LogP contribution < -0.4 is 10.1 Å². The van der Waals surface area contributed by atoms with Crippen molar-refractivity contribution in [1.29, 1.82) is 0 Å². The number of ether oxygens (including phenoxy) is 1. The first kappa shape index (κ1) is 20.5. The number of methoxy groups -OCH3 is 1. The van der Waals surface area contributed by atoms with E-state index in [1.165, 1.54) is 11.1 Å². The molecule has 0 spiro atoms. The van der Waals surface area contributed by atoms with Crippen molar-refractivity contribution in [2.45, 2.75) is 47.6 Å². The third-order valence-electron chi connectivity index (χ3n) is 4.25. The molecule has 2 heterocycles. The topological polar surface area (TPSA) is 60.2 Å². The van der Waals surface area contributed by atoms with Crippen LogP contribution in [0.1, 0.15) is 43.4 Å². The van der Waals surface area contributed by atoms with Gasteiger partial charge in [0.15, 0.2) is 0 Å². The molecule has 27 heavy (non-hydrogen) atoms. The highest BCUT2D eigenvalue weighted by Gasteiger charge is 2.14. The molecule has 0 saturated heterocycles. The minimum Gasteiger partial charge on any atom is -0.480 e. The summed E-state index contributed by atoms with van der Waals surface area (Å²) in [7, 11) is 1.63. The normalized spacial score (nSPS) is 10.1. The van der Waals surface area contributed by atoms with Crippen molar-refractivity contribution >= 4 is 5.69 Å². The van der Waals surface area contributed by atoms with Crippen molar-refractivity contribution in [3.63, 3.8) is 0 Å². The first-order valence-electron chi connectivity index (χ1n) is 9.41. The third-order valence-corrected chi connectivity index (χ3v) is 4.25. The van der Waals surface area contributed by atoms with Gasteiger partial charge >= 0.3 is 0 Å². The van der Waals surface area contributed by atoms with Gasteiger partial charge in [0.1, 0.15) is 5.76 Å². The number of nitrogens with one attached hydrogen (secondary N) is 1. The Bertz CT molecular complexity index is 852. The van der Waals surface area contributed by atoms with Crippen LogP contribution in [0.4, 0.5) is 5.69 Å². The molecule has 5 nitrogen and oxygen atoms in total. The number of rotatable bonds is 6. The van der Waals surface area contributed by atoms with Crippen LogP contribution in [0.2, 0.25) is 0 Å².